The second-order valence-electron chi connectivity index (χ2n) is 2.30. The molecular formula is C8H7Br2NO. The average molecular weight is 293 g/mol. The molecule has 0 heterocycles. The number of alkyl halides is 1. The standard InChI is InChI=1S/C8H7Br2NO/c9-4-6-3-5(8(11)12)1-2-7(6)10/h1-3H,4H2,(H2,11,12). The van der Waals surface area contributed by atoms with E-state index in [0.717, 1.165) is 10.0 Å². The van der Waals surface area contributed by atoms with Crippen LogP contribution < -0.4 is 5.73 Å². The van der Waals surface area contributed by atoms with Gasteiger partial charge in [0.1, 0.15) is 0 Å². The van der Waals surface area contributed by atoms with Crippen LogP contribution in [0.4, 0.5) is 0 Å². The molecule has 12 heavy (non-hydrogen) atoms. The van der Waals surface area contributed by atoms with E-state index in [9.17, 15) is 4.79 Å². The molecule has 0 spiro atoms. The smallest absolute Gasteiger partial charge is 0.248 e. The molecule has 1 aromatic carbocycles. The van der Waals surface area contributed by atoms with Crippen molar-refractivity contribution in [2.45, 2.75) is 5.33 Å². The van der Waals surface area contributed by atoms with Crippen molar-refractivity contribution >= 4 is 37.8 Å². The Bertz CT molecular complexity index is 312. The third-order valence-corrected chi connectivity index (χ3v) is 2.85. The number of halogens is 2. The second-order valence-corrected chi connectivity index (χ2v) is 3.72. The normalized spacial score (nSPS) is 9.83. The van der Waals surface area contributed by atoms with Gasteiger partial charge in [0.05, 0.1) is 0 Å². The highest BCUT2D eigenvalue weighted by molar-refractivity contribution is 9.10. The molecule has 0 radical (unpaired) electrons. The summed E-state index contributed by atoms with van der Waals surface area (Å²) in [5.74, 6) is -0.398. The van der Waals surface area contributed by atoms with Crippen molar-refractivity contribution in [3.05, 3.63) is 33.8 Å². The van der Waals surface area contributed by atoms with E-state index in [0.29, 0.717) is 10.9 Å². The van der Waals surface area contributed by atoms with Crippen molar-refractivity contribution in [1.82, 2.24) is 0 Å². The summed E-state index contributed by atoms with van der Waals surface area (Å²) in [7, 11) is 0. The van der Waals surface area contributed by atoms with Gasteiger partial charge in [-0.05, 0) is 23.8 Å². The first-order valence-corrected chi connectivity index (χ1v) is 5.21. The van der Waals surface area contributed by atoms with E-state index in [1.807, 2.05) is 6.07 Å². The molecule has 4 heteroatoms. The molecule has 0 atom stereocenters. The molecule has 0 unspecified atom stereocenters. The van der Waals surface area contributed by atoms with E-state index in [1.165, 1.54) is 0 Å². The summed E-state index contributed by atoms with van der Waals surface area (Å²) < 4.78 is 0.976. The average Bonchev–Trinajstić information content (AvgIpc) is 2.05. The zero-order valence-corrected chi connectivity index (χ0v) is 9.35. The zero-order chi connectivity index (χ0) is 9.14. The first-order chi connectivity index (χ1) is 5.65. The van der Waals surface area contributed by atoms with E-state index in [4.69, 9.17) is 5.73 Å². The second kappa shape index (κ2) is 4.05. The van der Waals surface area contributed by atoms with Crippen LogP contribution in [0.1, 0.15) is 15.9 Å². The minimum absolute atomic E-state index is 0.398. The third-order valence-electron chi connectivity index (χ3n) is 1.47. The monoisotopic (exact) mass is 291 g/mol. The van der Waals surface area contributed by atoms with Crippen LogP contribution in [0, 0.1) is 0 Å². The lowest BCUT2D eigenvalue weighted by Crippen LogP contribution is -2.10. The van der Waals surface area contributed by atoms with Crippen molar-refractivity contribution in [3.8, 4) is 0 Å². The molecule has 0 saturated carbocycles. The van der Waals surface area contributed by atoms with Gasteiger partial charge in [-0.1, -0.05) is 31.9 Å². The fourth-order valence-corrected chi connectivity index (χ4v) is 2.06. The third kappa shape index (κ3) is 2.08. The molecule has 0 aliphatic rings. The topological polar surface area (TPSA) is 43.1 Å². The number of primary amides is 1. The Labute approximate surface area is 87.4 Å². The SMILES string of the molecule is NC(=O)c1ccc(Br)c(CBr)c1. The number of carbonyl (C=O) groups excluding carboxylic acids is 1. The fraction of sp³-hybridized carbons (Fsp3) is 0.125. The Hall–Kier alpha value is -0.350. The largest absolute Gasteiger partial charge is 0.366 e. The molecular weight excluding hydrogens is 286 g/mol. The quantitative estimate of drug-likeness (QED) is 0.836. The summed E-state index contributed by atoms with van der Waals surface area (Å²) in [5, 5.41) is 0.703. The summed E-state index contributed by atoms with van der Waals surface area (Å²) in [4.78, 5) is 10.8. The maximum atomic E-state index is 10.8. The van der Waals surface area contributed by atoms with Gasteiger partial charge >= 0.3 is 0 Å². The maximum Gasteiger partial charge on any atom is 0.248 e. The summed E-state index contributed by atoms with van der Waals surface area (Å²) in [6, 6.07) is 5.27. The van der Waals surface area contributed by atoms with E-state index >= 15 is 0 Å². The van der Waals surface area contributed by atoms with Crippen LogP contribution in [0.15, 0.2) is 22.7 Å². The van der Waals surface area contributed by atoms with Crippen LogP contribution in [0.25, 0.3) is 0 Å². The highest BCUT2D eigenvalue weighted by Crippen LogP contribution is 2.20. The van der Waals surface area contributed by atoms with Gasteiger partial charge in [-0.15, -0.1) is 0 Å². The maximum absolute atomic E-state index is 10.8. The van der Waals surface area contributed by atoms with E-state index < -0.39 is 5.91 Å². The Morgan fingerprint density at radius 2 is 2.17 bits per heavy atom. The highest BCUT2D eigenvalue weighted by atomic mass is 79.9. The first kappa shape index (κ1) is 9.74. The Morgan fingerprint density at radius 3 is 2.67 bits per heavy atom. The molecule has 0 bridgehead atoms. The molecule has 0 aromatic heterocycles. The lowest BCUT2D eigenvalue weighted by atomic mass is 10.1. The van der Waals surface area contributed by atoms with Crippen LogP contribution in [-0.4, -0.2) is 5.91 Å². The van der Waals surface area contributed by atoms with Gasteiger partial charge in [0, 0.05) is 15.4 Å². The van der Waals surface area contributed by atoms with Crippen molar-refractivity contribution in [3.63, 3.8) is 0 Å². The molecule has 2 N–H and O–H groups in total. The van der Waals surface area contributed by atoms with Crippen LogP contribution in [0.5, 0.6) is 0 Å². The lowest BCUT2D eigenvalue weighted by Gasteiger charge is -2.01. The predicted molar refractivity (Wildman–Crippen MR) is 55.3 cm³/mol. The van der Waals surface area contributed by atoms with Crippen LogP contribution in [0.2, 0.25) is 0 Å². The molecule has 0 aliphatic heterocycles. The van der Waals surface area contributed by atoms with E-state index in [2.05, 4.69) is 31.9 Å². The Kier molecular flexibility index (Phi) is 3.29. The molecule has 1 amide bonds. The van der Waals surface area contributed by atoms with Crippen molar-refractivity contribution in [2.75, 3.05) is 0 Å². The summed E-state index contributed by atoms with van der Waals surface area (Å²) in [6.07, 6.45) is 0. The minimum atomic E-state index is -0.398. The number of hydrogen-bond acceptors (Lipinski definition) is 1. The van der Waals surface area contributed by atoms with E-state index in [-0.39, 0.29) is 0 Å². The molecule has 64 valence electrons. The number of amides is 1. The molecule has 0 aliphatic carbocycles. The Balaban J connectivity index is 3.13. The molecule has 1 rings (SSSR count). The fourth-order valence-electron chi connectivity index (χ4n) is 0.830. The van der Waals surface area contributed by atoms with Gasteiger partial charge in [-0.25, -0.2) is 0 Å². The molecule has 2 nitrogen and oxygen atoms in total. The molecule has 0 saturated heterocycles. The number of carbonyl (C=O) groups is 1. The molecule has 1 aromatic rings. The highest BCUT2D eigenvalue weighted by Gasteiger charge is 2.03. The Morgan fingerprint density at radius 1 is 1.50 bits per heavy atom. The van der Waals surface area contributed by atoms with Gasteiger partial charge in [-0.2, -0.15) is 0 Å². The summed E-state index contributed by atoms with van der Waals surface area (Å²) >= 11 is 6.67. The minimum Gasteiger partial charge on any atom is -0.366 e. The van der Waals surface area contributed by atoms with Crippen LogP contribution >= 0.6 is 31.9 Å². The van der Waals surface area contributed by atoms with Gasteiger partial charge in [0.2, 0.25) is 5.91 Å². The number of nitrogens with two attached hydrogens (primary N) is 1. The summed E-state index contributed by atoms with van der Waals surface area (Å²) in [5.41, 5.74) is 6.67. The van der Waals surface area contributed by atoms with Gasteiger partial charge in [-0.3, -0.25) is 4.79 Å². The number of rotatable bonds is 2. The van der Waals surface area contributed by atoms with Crippen molar-refractivity contribution < 1.29 is 4.79 Å². The summed E-state index contributed by atoms with van der Waals surface area (Å²) in [6.45, 7) is 0. The van der Waals surface area contributed by atoms with Crippen LogP contribution in [0.3, 0.4) is 0 Å². The molecule has 0 fully saturated rings. The predicted octanol–water partition coefficient (Wildman–Crippen LogP) is 2.44. The van der Waals surface area contributed by atoms with Gasteiger partial charge < -0.3 is 5.73 Å². The van der Waals surface area contributed by atoms with Gasteiger partial charge in [0.15, 0.2) is 0 Å². The zero-order valence-electron chi connectivity index (χ0n) is 6.18. The van der Waals surface area contributed by atoms with Crippen LogP contribution in [-0.2, 0) is 5.33 Å². The van der Waals surface area contributed by atoms with Gasteiger partial charge in [0.25, 0.3) is 0 Å². The van der Waals surface area contributed by atoms with Crippen molar-refractivity contribution in [1.29, 1.82) is 0 Å². The van der Waals surface area contributed by atoms with Crippen molar-refractivity contribution in [2.24, 2.45) is 5.73 Å². The van der Waals surface area contributed by atoms with E-state index in [1.54, 1.807) is 12.1 Å². The first-order valence-electron chi connectivity index (χ1n) is 3.29. The lowest BCUT2D eigenvalue weighted by molar-refractivity contribution is 0.1000. The number of hydrogen-bond donors (Lipinski definition) is 1. The number of benzene rings is 1.